The number of carbonyl (C=O) groups excluding carboxylic acids is 1. The first-order valence-electron chi connectivity index (χ1n) is 11.1. The number of hydrogen-bond donors (Lipinski definition) is 2. The number of halogens is 1. The fourth-order valence-corrected chi connectivity index (χ4v) is 4.01. The largest absolute Gasteiger partial charge is 0.355 e. The van der Waals surface area contributed by atoms with Crippen LogP contribution in [0, 0.1) is 0 Å². The second-order valence-corrected chi connectivity index (χ2v) is 8.25. The molecular weight excluding hydrogens is 513 g/mol. The smallest absolute Gasteiger partial charge is 0.253 e. The normalized spacial score (nSPS) is 14.7. The summed E-state index contributed by atoms with van der Waals surface area (Å²) in [7, 11) is 5.33. The number of aliphatic imine (C=N–C) groups is 1. The standard InChI is InChI=1S/C25H35N5O.HI/c1-5-23(30-15-14-20-8-6-7-9-22(20)18-30)17-28-25(26-2)27-16-19-10-12-21(13-11-19)24(31)29(3)4;/h6-13,23H,5,14-18H2,1-4H3,(H2,26,27,28);1H. The topological polar surface area (TPSA) is 60.0 Å². The second kappa shape index (κ2) is 12.8. The Morgan fingerprint density at radius 1 is 1.09 bits per heavy atom. The van der Waals surface area contributed by atoms with Gasteiger partial charge in [0.1, 0.15) is 0 Å². The van der Waals surface area contributed by atoms with Crippen LogP contribution in [0.1, 0.15) is 40.4 Å². The highest BCUT2D eigenvalue weighted by Crippen LogP contribution is 2.21. The summed E-state index contributed by atoms with van der Waals surface area (Å²) >= 11 is 0. The maximum atomic E-state index is 12.0. The van der Waals surface area contributed by atoms with E-state index in [4.69, 9.17) is 0 Å². The molecule has 1 amide bonds. The molecule has 6 nitrogen and oxygen atoms in total. The molecule has 0 bridgehead atoms. The summed E-state index contributed by atoms with van der Waals surface area (Å²) in [6.45, 7) is 5.87. The highest BCUT2D eigenvalue weighted by atomic mass is 127. The Morgan fingerprint density at radius 2 is 1.78 bits per heavy atom. The summed E-state index contributed by atoms with van der Waals surface area (Å²) in [6.07, 6.45) is 2.21. The van der Waals surface area contributed by atoms with E-state index >= 15 is 0 Å². The summed E-state index contributed by atoms with van der Waals surface area (Å²) in [4.78, 5) is 20.6. The molecule has 2 aromatic rings. The van der Waals surface area contributed by atoms with Gasteiger partial charge in [-0.2, -0.15) is 0 Å². The molecule has 0 aliphatic carbocycles. The molecular formula is C25H36IN5O. The fraction of sp³-hybridized carbons (Fsp3) is 0.440. The molecule has 2 aromatic carbocycles. The molecule has 0 fully saturated rings. The Labute approximate surface area is 209 Å². The zero-order chi connectivity index (χ0) is 22.2. The van der Waals surface area contributed by atoms with Crippen LogP contribution in [0.2, 0.25) is 0 Å². The monoisotopic (exact) mass is 549 g/mol. The third-order valence-electron chi connectivity index (χ3n) is 5.94. The van der Waals surface area contributed by atoms with Crippen LogP contribution in [-0.4, -0.2) is 61.9 Å². The van der Waals surface area contributed by atoms with Gasteiger partial charge in [-0.05, 0) is 41.7 Å². The Hall–Kier alpha value is -2.13. The van der Waals surface area contributed by atoms with Gasteiger partial charge in [0.05, 0.1) is 0 Å². The quantitative estimate of drug-likeness (QED) is 0.316. The number of carbonyl (C=O) groups is 1. The molecule has 7 heteroatoms. The van der Waals surface area contributed by atoms with Crippen LogP contribution in [0.25, 0.3) is 0 Å². The summed E-state index contributed by atoms with van der Waals surface area (Å²) in [5, 5.41) is 6.87. The lowest BCUT2D eigenvalue weighted by Gasteiger charge is -2.35. The Balaban J connectivity index is 0.00000363. The van der Waals surface area contributed by atoms with Gasteiger partial charge in [-0.25, -0.2) is 0 Å². The summed E-state index contributed by atoms with van der Waals surface area (Å²) in [5.41, 5.74) is 4.74. The Kier molecular flexibility index (Phi) is 10.4. The molecule has 0 saturated carbocycles. The van der Waals surface area contributed by atoms with Crippen molar-refractivity contribution >= 4 is 35.8 Å². The van der Waals surface area contributed by atoms with Crippen molar-refractivity contribution in [2.24, 2.45) is 4.99 Å². The minimum absolute atomic E-state index is 0. The first-order valence-corrected chi connectivity index (χ1v) is 11.1. The molecule has 1 heterocycles. The minimum Gasteiger partial charge on any atom is -0.355 e. The molecule has 174 valence electrons. The van der Waals surface area contributed by atoms with Crippen molar-refractivity contribution in [1.82, 2.24) is 20.4 Å². The highest BCUT2D eigenvalue weighted by molar-refractivity contribution is 14.0. The van der Waals surface area contributed by atoms with Crippen LogP contribution in [-0.2, 0) is 19.5 Å². The average Bonchev–Trinajstić information content (AvgIpc) is 2.81. The SMILES string of the molecule is CCC(CNC(=NC)NCc1ccc(C(=O)N(C)C)cc1)N1CCc2ccccc2C1.I. The highest BCUT2D eigenvalue weighted by Gasteiger charge is 2.22. The van der Waals surface area contributed by atoms with E-state index < -0.39 is 0 Å². The number of nitrogens with zero attached hydrogens (tertiary/aromatic N) is 3. The lowest BCUT2D eigenvalue weighted by molar-refractivity contribution is 0.0827. The van der Waals surface area contributed by atoms with E-state index in [9.17, 15) is 4.79 Å². The first-order chi connectivity index (χ1) is 15.0. The molecule has 1 aliphatic heterocycles. The van der Waals surface area contributed by atoms with E-state index in [1.165, 1.54) is 11.1 Å². The van der Waals surface area contributed by atoms with E-state index in [0.29, 0.717) is 18.2 Å². The molecule has 0 spiro atoms. The molecule has 1 unspecified atom stereocenters. The molecule has 32 heavy (non-hydrogen) atoms. The van der Waals surface area contributed by atoms with Crippen molar-refractivity contribution in [3.8, 4) is 0 Å². The van der Waals surface area contributed by atoms with Gasteiger partial charge >= 0.3 is 0 Å². The van der Waals surface area contributed by atoms with E-state index in [-0.39, 0.29) is 29.9 Å². The first kappa shape index (κ1) is 26.1. The molecule has 2 N–H and O–H groups in total. The third kappa shape index (κ3) is 6.93. The number of amides is 1. The van der Waals surface area contributed by atoms with Gasteiger partial charge in [-0.3, -0.25) is 14.7 Å². The van der Waals surface area contributed by atoms with Gasteiger partial charge in [-0.15, -0.1) is 24.0 Å². The summed E-state index contributed by atoms with van der Waals surface area (Å²) in [6, 6.07) is 16.9. The number of hydrogen-bond acceptors (Lipinski definition) is 3. The van der Waals surface area contributed by atoms with Crippen molar-refractivity contribution in [2.75, 3.05) is 34.2 Å². The lowest BCUT2D eigenvalue weighted by Crippen LogP contribution is -2.48. The number of nitrogens with one attached hydrogen (secondary N) is 2. The van der Waals surface area contributed by atoms with Gasteiger partial charge in [-0.1, -0.05) is 43.3 Å². The maximum absolute atomic E-state index is 12.0. The molecule has 1 atom stereocenters. The maximum Gasteiger partial charge on any atom is 0.253 e. The van der Waals surface area contributed by atoms with Crippen molar-refractivity contribution in [3.05, 3.63) is 70.8 Å². The van der Waals surface area contributed by atoms with Crippen molar-refractivity contribution in [3.63, 3.8) is 0 Å². The number of fused-ring (bicyclic) bond motifs is 1. The number of guanidine groups is 1. The van der Waals surface area contributed by atoms with Gasteiger partial charge in [0.15, 0.2) is 5.96 Å². The molecule has 0 saturated heterocycles. The Bertz CT molecular complexity index is 897. The summed E-state index contributed by atoms with van der Waals surface area (Å²) in [5.74, 6) is 0.812. The summed E-state index contributed by atoms with van der Waals surface area (Å²) < 4.78 is 0. The van der Waals surface area contributed by atoms with E-state index in [2.05, 4.69) is 51.7 Å². The van der Waals surface area contributed by atoms with Crippen LogP contribution in [0.3, 0.4) is 0 Å². The Morgan fingerprint density at radius 3 is 2.41 bits per heavy atom. The van der Waals surface area contributed by atoms with Crippen LogP contribution >= 0.6 is 24.0 Å². The molecule has 3 rings (SSSR count). The predicted molar refractivity (Wildman–Crippen MR) is 143 cm³/mol. The number of benzene rings is 2. The van der Waals surface area contributed by atoms with Gasteiger partial charge in [0.25, 0.3) is 5.91 Å². The van der Waals surface area contributed by atoms with Crippen molar-refractivity contribution < 1.29 is 4.79 Å². The third-order valence-corrected chi connectivity index (χ3v) is 5.94. The molecule has 0 aromatic heterocycles. The molecule has 1 aliphatic rings. The van der Waals surface area contributed by atoms with Crippen LogP contribution < -0.4 is 10.6 Å². The van der Waals surface area contributed by atoms with Crippen LogP contribution in [0.15, 0.2) is 53.5 Å². The zero-order valence-corrected chi connectivity index (χ0v) is 21.9. The zero-order valence-electron chi connectivity index (χ0n) is 19.6. The average molecular weight is 550 g/mol. The van der Waals surface area contributed by atoms with Crippen LogP contribution in [0.4, 0.5) is 0 Å². The van der Waals surface area contributed by atoms with Crippen molar-refractivity contribution in [2.45, 2.75) is 38.9 Å². The van der Waals surface area contributed by atoms with E-state index in [1.807, 2.05) is 24.3 Å². The van der Waals surface area contributed by atoms with E-state index in [0.717, 1.165) is 44.0 Å². The van der Waals surface area contributed by atoms with Gasteiger partial charge in [0.2, 0.25) is 0 Å². The minimum atomic E-state index is 0. The second-order valence-electron chi connectivity index (χ2n) is 8.25. The number of rotatable bonds is 7. The fourth-order valence-electron chi connectivity index (χ4n) is 4.01. The predicted octanol–water partition coefficient (Wildman–Crippen LogP) is 3.51. The van der Waals surface area contributed by atoms with E-state index in [1.54, 1.807) is 26.0 Å². The van der Waals surface area contributed by atoms with Gasteiger partial charge < -0.3 is 15.5 Å². The van der Waals surface area contributed by atoms with Crippen molar-refractivity contribution in [1.29, 1.82) is 0 Å². The molecule has 0 radical (unpaired) electrons. The van der Waals surface area contributed by atoms with Crippen LogP contribution in [0.5, 0.6) is 0 Å². The van der Waals surface area contributed by atoms with Gasteiger partial charge in [0, 0.05) is 58.9 Å². The lowest BCUT2D eigenvalue weighted by atomic mass is 9.98.